The molecule has 3 heteroatoms. The maximum atomic E-state index is 9.02. The number of ether oxygens (including phenoxy) is 2. The summed E-state index contributed by atoms with van der Waals surface area (Å²) in [5.74, 6) is 0. The van der Waals surface area contributed by atoms with Gasteiger partial charge in [0.2, 0.25) is 0 Å². The van der Waals surface area contributed by atoms with E-state index in [0.717, 1.165) is 38.5 Å². The molecule has 3 nitrogen and oxygen atoms in total. The third-order valence-electron chi connectivity index (χ3n) is 3.01. The number of hydrogen-bond donors (Lipinski definition) is 1. The second-order valence-corrected chi connectivity index (χ2v) is 4.99. The highest BCUT2D eigenvalue weighted by Crippen LogP contribution is 2.03. The lowest BCUT2D eigenvalue weighted by Gasteiger charge is -2.15. The highest BCUT2D eigenvalue weighted by molar-refractivity contribution is 4.84. The van der Waals surface area contributed by atoms with Gasteiger partial charge in [-0.2, -0.15) is 0 Å². The van der Waals surface area contributed by atoms with E-state index in [-0.39, 0.29) is 12.9 Å². The van der Waals surface area contributed by atoms with E-state index in [2.05, 4.69) is 25.3 Å². The van der Waals surface area contributed by atoms with Crippen LogP contribution in [0.15, 0.2) is 49.6 Å². The van der Waals surface area contributed by atoms with Crippen molar-refractivity contribution in [2.24, 2.45) is 0 Å². The fourth-order valence-corrected chi connectivity index (χ4v) is 1.78. The number of rotatable bonds is 16. The van der Waals surface area contributed by atoms with Gasteiger partial charge in [0.1, 0.15) is 0 Å². The summed E-state index contributed by atoms with van der Waals surface area (Å²) in [6.07, 6.45) is 18.6. The molecule has 0 saturated carbocycles. The second-order valence-electron chi connectivity index (χ2n) is 4.99. The van der Waals surface area contributed by atoms with Crippen LogP contribution in [0.4, 0.5) is 0 Å². The summed E-state index contributed by atoms with van der Waals surface area (Å²) in [6, 6.07) is 0. The monoisotopic (exact) mass is 308 g/mol. The quantitative estimate of drug-likeness (QED) is 0.258. The lowest BCUT2D eigenvalue weighted by molar-refractivity contribution is -0.135. The molecule has 0 saturated heterocycles. The SMILES string of the molecule is C=CCCCC=CCOC(CCO)OCC=CCCCC=C. The molecule has 0 rings (SSSR count). The van der Waals surface area contributed by atoms with Crippen LogP contribution in [0.1, 0.15) is 44.9 Å². The lowest BCUT2D eigenvalue weighted by Crippen LogP contribution is -2.19. The Balaban J connectivity index is 3.71. The van der Waals surface area contributed by atoms with E-state index in [1.165, 1.54) is 0 Å². The van der Waals surface area contributed by atoms with Crippen LogP contribution in [-0.4, -0.2) is 31.2 Å². The van der Waals surface area contributed by atoms with E-state index < -0.39 is 0 Å². The van der Waals surface area contributed by atoms with Crippen molar-refractivity contribution in [1.29, 1.82) is 0 Å². The fourth-order valence-electron chi connectivity index (χ4n) is 1.78. The molecule has 0 amide bonds. The van der Waals surface area contributed by atoms with Crippen molar-refractivity contribution in [2.75, 3.05) is 19.8 Å². The standard InChI is InChI=1S/C19H32O3/c1-3-5-7-9-11-13-17-21-19(15-16-20)22-18-14-12-10-8-6-4-2/h3-4,11-14,19-20H,1-2,5-10,15-18H2. The van der Waals surface area contributed by atoms with E-state index in [4.69, 9.17) is 14.6 Å². The van der Waals surface area contributed by atoms with Crippen LogP contribution in [0, 0.1) is 0 Å². The number of hydrogen-bond acceptors (Lipinski definition) is 3. The molecule has 0 aliphatic rings. The molecule has 0 aliphatic heterocycles. The minimum Gasteiger partial charge on any atom is -0.396 e. The molecule has 0 fully saturated rings. The smallest absolute Gasteiger partial charge is 0.160 e. The number of aliphatic hydroxyl groups is 1. The molecule has 0 aromatic heterocycles. The van der Waals surface area contributed by atoms with E-state index in [1.807, 2.05) is 24.3 Å². The minimum absolute atomic E-state index is 0.0662. The molecular formula is C19H32O3. The Labute approximate surface area is 136 Å². The van der Waals surface area contributed by atoms with Crippen molar-refractivity contribution in [2.45, 2.75) is 51.2 Å². The topological polar surface area (TPSA) is 38.7 Å². The highest BCUT2D eigenvalue weighted by Gasteiger charge is 2.06. The van der Waals surface area contributed by atoms with E-state index in [0.29, 0.717) is 19.6 Å². The van der Waals surface area contributed by atoms with Gasteiger partial charge in [-0.15, -0.1) is 13.2 Å². The summed E-state index contributed by atoms with van der Waals surface area (Å²) in [5, 5.41) is 9.02. The van der Waals surface area contributed by atoms with Crippen molar-refractivity contribution in [3.63, 3.8) is 0 Å². The maximum Gasteiger partial charge on any atom is 0.160 e. The first-order chi connectivity index (χ1) is 10.8. The van der Waals surface area contributed by atoms with Crippen LogP contribution in [0.5, 0.6) is 0 Å². The first-order valence-corrected chi connectivity index (χ1v) is 8.21. The van der Waals surface area contributed by atoms with Gasteiger partial charge in [0, 0.05) is 13.0 Å². The molecule has 0 aromatic carbocycles. The van der Waals surface area contributed by atoms with Gasteiger partial charge in [0.15, 0.2) is 6.29 Å². The summed E-state index contributed by atoms with van der Waals surface area (Å²) in [4.78, 5) is 0. The zero-order valence-electron chi connectivity index (χ0n) is 13.8. The normalized spacial score (nSPS) is 13.0. The molecule has 0 aliphatic carbocycles. The van der Waals surface area contributed by atoms with Gasteiger partial charge < -0.3 is 14.6 Å². The molecule has 0 unspecified atom stereocenters. The Morgan fingerprint density at radius 2 is 1.27 bits per heavy atom. The summed E-state index contributed by atoms with van der Waals surface area (Å²) in [5.41, 5.74) is 0. The average Bonchev–Trinajstić information content (AvgIpc) is 2.53. The first-order valence-electron chi connectivity index (χ1n) is 8.21. The van der Waals surface area contributed by atoms with Crippen molar-refractivity contribution < 1.29 is 14.6 Å². The Morgan fingerprint density at radius 1 is 0.773 bits per heavy atom. The highest BCUT2D eigenvalue weighted by atomic mass is 16.7. The Hall–Kier alpha value is -1.16. The van der Waals surface area contributed by atoms with Crippen LogP contribution >= 0.6 is 0 Å². The number of allylic oxidation sites excluding steroid dienone is 4. The molecule has 0 bridgehead atoms. The molecule has 126 valence electrons. The van der Waals surface area contributed by atoms with Gasteiger partial charge in [0.25, 0.3) is 0 Å². The molecule has 22 heavy (non-hydrogen) atoms. The fraction of sp³-hybridized carbons (Fsp3) is 0.579. The van der Waals surface area contributed by atoms with E-state index in [9.17, 15) is 0 Å². The molecule has 0 atom stereocenters. The molecular weight excluding hydrogens is 276 g/mol. The van der Waals surface area contributed by atoms with Crippen LogP contribution < -0.4 is 0 Å². The Kier molecular flexibility index (Phi) is 16.9. The maximum absolute atomic E-state index is 9.02. The third kappa shape index (κ3) is 15.2. The predicted molar refractivity (Wildman–Crippen MR) is 93.8 cm³/mol. The van der Waals surface area contributed by atoms with Crippen LogP contribution in [-0.2, 0) is 9.47 Å². The van der Waals surface area contributed by atoms with Gasteiger partial charge in [-0.05, 0) is 38.5 Å². The van der Waals surface area contributed by atoms with Gasteiger partial charge in [-0.25, -0.2) is 0 Å². The molecule has 0 radical (unpaired) electrons. The summed E-state index contributed by atoms with van der Waals surface area (Å²) in [7, 11) is 0. The molecule has 0 spiro atoms. The van der Waals surface area contributed by atoms with Crippen molar-refractivity contribution in [1.82, 2.24) is 0 Å². The molecule has 0 heterocycles. The molecule has 0 aromatic rings. The zero-order valence-corrected chi connectivity index (χ0v) is 13.8. The summed E-state index contributed by atoms with van der Waals surface area (Å²) >= 11 is 0. The minimum atomic E-state index is -0.347. The van der Waals surface area contributed by atoms with E-state index >= 15 is 0 Å². The first kappa shape index (κ1) is 20.8. The third-order valence-corrected chi connectivity index (χ3v) is 3.01. The van der Waals surface area contributed by atoms with E-state index in [1.54, 1.807) is 0 Å². The number of aliphatic hydroxyl groups excluding tert-OH is 1. The Morgan fingerprint density at radius 3 is 1.68 bits per heavy atom. The Bertz CT molecular complexity index is 280. The predicted octanol–water partition coefficient (Wildman–Crippen LogP) is 4.55. The van der Waals surface area contributed by atoms with Crippen LogP contribution in [0.2, 0.25) is 0 Å². The van der Waals surface area contributed by atoms with Crippen molar-refractivity contribution in [3.05, 3.63) is 49.6 Å². The second kappa shape index (κ2) is 17.9. The zero-order chi connectivity index (χ0) is 16.3. The summed E-state index contributed by atoms with van der Waals surface area (Å²) < 4.78 is 11.2. The van der Waals surface area contributed by atoms with Crippen LogP contribution in [0.25, 0.3) is 0 Å². The largest absolute Gasteiger partial charge is 0.396 e. The van der Waals surface area contributed by atoms with Gasteiger partial charge in [-0.1, -0.05) is 36.5 Å². The number of unbranched alkanes of at least 4 members (excludes halogenated alkanes) is 4. The van der Waals surface area contributed by atoms with Gasteiger partial charge in [-0.3, -0.25) is 0 Å². The van der Waals surface area contributed by atoms with Crippen LogP contribution in [0.3, 0.4) is 0 Å². The van der Waals surface area contributed by atoms with Crippen molar-refractivity contribution in [3.8, 4) is 0 Å². The lowest BCUT2D eigenvalue weighted by atomic mass is 10.2. The van der Waals surface area contributed by atoms with Gasteiger partial charge in [0.05, 0.1) is 13.2 Å². The van der Waals surface area contributed by atoms with Crippen molar-refractivity contribution >= 4 is 0 Å². The summed E-state index contributed by atoms with van der Waals surface area (Å²) in [6.45, 7) is 8.49. The average molecular weight is 308 g/mol. The van der Waals surface area contributed by atoms with Gasteiger partial charge >= 0.3 is 0 Å². The molecule has 1 N–H and O–H groups in total.